The summed E-state index contributed by atoms with van der Waals surface area (Å²) in [4.78, 5) is 0. The lowest BCUT2D eigenvalue weighted by Gasteiger charge is -2.12. The van der Waals surface area contributed by atoms with Gasteiger partial charge in [-0.3, -0.25) is 0 Å². The fourth-order valence-corrected chi connectivity index (χ4v) is 1.85. The zero-order chi connectivity index (χ0) is 13.1. The Morgan fingerprint density at radius 3 is 2.22 bits per heavy atom. The van der Waals surface area contributed by atoms with Gasteiger partial charge < -0.3 is 5.32 Å². The van der Waals surface area contributed by atoms with Crippen LogP contribution in [-0.4, -0.2) is 0 Å². The predicted octanol–water partition coefficient (Wildman–Crippen LogP) is 4.19. The topological polar surface area (TPSA) is 12.0 Å². The van der Waals surface area contributed by atoms with Crippen molar-refractivity contribution in [3.63, 3.8) is 0 Å². The molecule has 0 unspecified atom stereocenters. The molecular formula is C15H15F2N. The van der Waals surface area contributed by atoms with Crippen molar-refractivity contribution >= 4 is 5.69 Å². The summed E-state index contributed by atoms with van der Waals surface area (Å²) in [5.41, 5.74) is 3.28. The standard InChI is InChI=1S/C15H15F2N/c1-10-5-3-6-12(11(10)2)9-18-15-13(16)7-4-8-14(15)17/h3-8,18H,9H2,1-2H3. The normalized spacial score (nSPS) is 10.4. The van der Waals surface area contributed by atoms with Crippen molar-refractivity contribution < 1.29 is 8.78 Å². The minimum absolute atomic E-state index is 0.0709. The van der Waals surface area contributed by atoms with Crippen LogP contribution in [0.1, 0.15) is 16.7 Å². The van der Waals surface area contributed by atoms with Crippen LogP contribution >= 0.6 is 0 Å². The first-order valence-electron chi connectivity index (χ1n) is 5.82. The van der Waals surface area contributed by atoms with Crippen LogP contribution in [0.25, 0.3) is 0 Å². The zero-order valence-electron chi connectivity index (χ0n) is 10.4. The Morgan fingerprint density at radius 1 is 0.944 bits per heavy atom. The highest BCUT2D eigenvalue weighted by molar-refractivity contribution is 5.47. The second-order valence-corrected chi connectivity index (χ2v) is 4.31. The third-order valence-corrected chi connectivity index (χ3v) is 3.14. The fraction of sp³-hybridized carbons (Fsp3) is 0.200. The molecule has 0 aliphatic heterocycles. The number of aryl methyl sites for hydroxylation is 1. The highest BCUT2D eigenvalue weighted by atomic mass is 19.1. The lowest BCUT2D eigenvalue weighted by atomic mass is 10.0. The van der Waals surface area contributed by atoms with Crippen molar-refractivity contribution in [2.45, 2.75) is 20.4 Å². The average Bonchev–Trinajstić information content (AvgIpc) is 2.33. The molecule has 1 N–H and O–H groups in total. The molecule has 0 aliphatic carbocycles. The number of anilines is 1. The van der Waals surface area contributed by atoms with Crippen molar-refractivity contribution in [3.05, 3.63) is 64.7 Å². The van der Waals surface area contributed by atoms with Crippen molar-refractivity contribution in [2.24, 2.45) is 0 Å². The molecule has 3 heteroatoms. The minimum Gasteiger partial charge on any atom is -0.376 e. The largest absolute Gasteiger partial charge is 0.376 e. The van der Waals surface area contributed by atoms with Gasteiger partial charge in [0.25, 0.3) is 0 Å². The molecular weight excluding hydrogens is 232 g/mol. The van der Waals surface area contributed by atoms with Crippen LogP contribution in [-0.2, 0) is 6.54 Å². The molecule has 94 valence electrons. The van der Waals surface area contributed by atoms with E-state index in [1.807, 2.05) is 32.0 Å². The first kappa shape index (κ1) is 12.6. The Balaban J connectivity index is 2.19. The first-order chi connectivity index (χ1) is 8.59. The van der Waals surface area contributed by atoms with Crippen molar-refractivity contribution in [3.8, 4) is 0 Å². The van der Waals surface area contributed by atoms with Gasteiger partial charge in [0, 0.05) is 6.54 Å². The summed E-state index contributed by atoms with van der Waals surface area (Å²) in [5.74, 6) is -1.14. The van der Waals surface area contributed by atoms with Gasteiger partial charge in [-0.25, -0.2) is 8.78 Å². The van der Waals surface area contributed by atoms with E-state index in [0.29, 0.717) is 6.54 Å². The van der Waals surface area contributed by atoms with E-state index in [0.717, 1.165) is 11.1 Å². The maximum atomic E-state index is 13.4. The fourth-order valence-electron chi connectivity index (χ4n) is 1.85. The lowest BCUT2D eigenvalue weighted by Crippen LogP contribution is -2.05. The Bertz CT molecular complexity index is 544. The summed E-state index contributed by atoms with van der Waals surface area (Å²) in [6.45, 7) is 4.43. The highest BCUT2D eigenvalue weighted by Crippen LogP contribution is 2.20. The van der Waals surface area contributed by atoms with Crippen LogP contribution in [0.3, 0.4) is 0 Å². The third-order valence-electron chi connectivity index (χ3n) is 3.14. The molecule has 2 aromatic carbocycles. The van der Waals surface area contributed by atoms with Crippen LogP contribution in [0.4, 0.5) is 14.5 Å². The van der Waals surface area contributed by atoms with Gasteiger partial charge in [0.1, 0.15) is 17.3 Å². The molecule has 0 saturated carbocycles. The molecule has 0 saturated heterocycles. The molecule has 0 bridgehead atoms. The van der Waals surface area contributed by atoms with Crippen LogP contribution in [0.15, 0.2) is 36.4 Å². The van der Waals surface area contributed by atoms with Gasteiger partial charge in [0.05, 0.1) is 0 Å². The van der Waals surface area contributed by atoms with Crippen molar-refractivity contribution in [2.75, 3.05) is 5.32 Å². The van der Waals surface area contributed by atoms with E-state index in [2.05, 4.69) is 5.32 Å². The van der Waals surface area contributed by atoms with E-state index < -0.39 is 11.6 Å². The van der Waals surface area contributed by atoms with Crippen LogP contribution in [0.2, 0.25) is 0 Å². The molecule has 0 atom stereocenters. The van der Waals surface area contributed by atoms with Gasteiger partial charge in [-0.2, -0.15) is 0 Å². The lowest BCUT2D eigenvalue weighted by molar-refractivity contribution is 0.588. The number of halogens is 2. The van der Waals surface area contributed by atoms with Gasteiger partial charge in [-0.1, -0.05) is 24.3 Å². The molecule has 2 aromatic rings. The number of benzene rings is 2. The molecule has 0 fully saturated rings. The highest BCUT2D eigenvalue weighted by Gasteiger charge is 2.08. The average molecular weight is 247 g/mol. The van der Waals surface area contributed by atoms with Crippen LogP contribution < -0.4 is 5.32 Å². The Labute approximate surface area is 105 Å². The zero-order valence-corrected chi connectivity index (χ0v) is 10.4. The second-order valence-electron chi connectivity index (χ2n) is 4.31. The van der Waals surface area contributed by atoms with Crippen LogP contribution in [0.5, 0.6) is 0 Å². The van der Waals surface area contributed by atoms with Crippen molar-refractivity contribution in [1.82, 2.24) is 0 Å². The third kappa shape index (κ3) is 2.50. The molecule has 0 radical (unpaired) electrons. The van der Waals surface area contributed by atoms with Crippen molar-refractivity contribution in [1.29, 1.82) is 0 Å². The second kappa shape index (κ2) is 5.17. The maximum Gasteiger partial charge on any atom is 0.149 e. The number of hydrogen-bond donors (Lipinski definition) is 1. The molecule has 1 nitrogen and oxygen atoms in total. The SMILES string of the molecule is Cc1cccc(CNc2c(F)cccc2F)c1C. The Hall–Kier alpha value is -1.90. The van der Waals surface area contributed by atoms with Gasteiger partial charge in [-0.15, -0.1) is 0 Å². The Kier molecular flexibility index (Phi) is 3.60. The monoisotopic (exact) mass is 247 g/mol. The van der Waals surface area contributed by atoms with E-state index in [4.69, 9.17) is 0 Å². The van der Waals surface area contributed by atoms with Gasteiger partial charge in [-0.05, 0) is 42.7 Å². The molecule has 18 heavy (non-hydrogen) atoms. The van der Waals surface area contributed by atoms with E-state index in [-0.39, 0.29) is 5.69 Å². The minimum atomic E-state index is -0.569. The molecule has 0 heterocycles. The summed E-state index contributed by atoms with van der Waals surface area (Å²) in [6, 6.07) is 9.75. The Morgan fingerprint density at radius 2 is 1.56 bits per heavy atom. The van der Waals surface area contributed by atoms with Crippen LogP contribution in [0, 0.1) is 25.5 Å². The predicted molar refractivity (Wildman–Crippen MR) is 69.6 cm³/mol. The smallest absolute Gasteiger partial charge is 0.149 e. The van der Waals surface area contributed by atoms with E-state index >= 15 is 0 Å². The molecule has 2 rings (SSSR count). The number of rotatable bonds is 3. The number of para-hydroxylation sites is 1. The summed E-state index contributed by atoms with van der Waals surface area (Å²) in [5, 5.41) is 2.82. The summed E-state index contributed by atoms with van der Waals surface area (Å²) < 4.78 is 26.9. The summed E-state index contributed by atoms with van der Waals surface area (Å²) in [6.07, 6.45) is 0. The van der Waals surface area contributed by atoms with E-state index in [1.165, 1.54) is 23.8 Å². The molecule has 0 aliphatic rings. The summed E-state index contributed by atoms with van der Waals surface area (Å²) in [7, 11) is 0. The molecule has 0 amide bonds. The van der Waals surface area contributed by atoms with Gasteiger partial charge in [0.2, 0.25) is 0 Å². The quantitative estimate of drug-likeness (QED) is 0.857. The molecule has 0 spiro atoms. The van der Waals surface area contributed by atoms with Gasteiger partial charge >= 0.3 is 0 Å². The van der Waals surface area contributed by atoms with E-state index in [9.17, 15) is 8.78 Å². The summed E-state index contributed by atoms with van der Waals surface area (Å²) >= 11 is 0. The number of hydrogen-bond acceptors (Lipinski definition) is 1. The van der Waals surface area contributed by atoms with E-state index in [1.54, 1.807) is 0 Å². The number of nitrogens with one attached hydrogen (secondary N) is 1. The molecule has 0 aromatic heterocycles. The first-order valence-corrected chi connectivity index (χ1v) is 5.82. The maximum absolute atomic E-state index is 13.4. The van der Waals surface area contributed by atoms with Gasteiger partial charge in [0.15, 0.2) is 0 Å².